The van der Waals surface area contributed by atoms with Gasteiger partial charge in [0, 0.05) is 33.4 Å². The van der Waals surface area contributed by atoms with Crippen molar-refractivity contribution in [1.29, 1.82) is 0 Å². The number of hydrogen-bond acceptors (Lipinski definition) is 4. The number of hydrogen-bond donors (Lipinski definition) is 1. The van der Waals surface area contributed by atoms with Crippen LogP contribution in [0.3, 0.4) is 0 Å². The first kappa shape index (κ1) is 13.9. The van der Waals surface area contributed by atoms with Crippen LogP contribution in [-0.2, 0) is 9.47 Å². The fourth-order valence-electron chi connectivity index (χ4n) is 2.21. The molecule has 1 aliphatic rings. The number of ether oxygens (including phenoxy) is 2. The van der Waals surface area contributed by atoms with Gasteiger partial charge in [0.1, 0.15) is 0 Å². The summed E-state index contributed by atoms with van der Waals surface area (Å²) in [5.74, 6) is 0. The average molecular weight is 230 g/mol. The Hall–Kier alpha value is -0.160. The maximum atomic E-state index is 5.94. The van der Waals surface area contributed by atoms with Crippen molar-refractivity contribution in [2.24, 2.45) is 0 Å². The van der Waals surface area contributed by atoms with E-state index in [1.807, 2.05) is 7.05 Å². The Morgan fingerprint density at radius 1 is 1.38 bits per heavy atom. The van der Waals surface area contributed by atoms with Gasteiger partial charge in [-0.2, -0.15) is 0 Å². The minimum absolute atomic E-state index is 0.419. The molecule has 4 nitrogen and oxygen atoms in total. The first-order valence-electron chi connectivity index (χ1n) is 6.23. The van der Waals surface area contributed by atoms with E-state index in [9.17, 15) is 0 Å². The van der Waals surface area contributed by atoms with Crippen molar-refractivity contribution in [3.05, 3.63) is 0 Å². The molecule has 0 aromatic rings. The van der Waals surface area contributed by atoms with Gasteiger partial charge in [-0.05, 0) is 33.4 Å². The number of nitrogens with one attached hydrogen (secondary N) is 1. The Morgan fingerprint density at radius 2 is 2.12 bits per heavy atom. The van der Waals surface area contributed by atoms with E-state index in [1.54, 1.807) is 7.11 Å². The van der Waals surface area contributed by atoms with Gasteiger partial charge in [0.25, 0.3) is 0 Å². The van der Waals surface area contributed by atoms with E-state index in [0.29, 0.717) is 12.2 Å². The second-order valence-corrected chi connectivity index (χ2v) is 4.62. The third kappa shape index (κ3) is 5.25. The molecule has 0 aromatic carbocycles. The van der Waals surface area contributed by atoms with Gasteiger partial charge in [0.15, 0.2) is 0 Å². The SMILES string of the molecule is CNCC1CCC(CN(C)CCCOC)O1. The van der Waals surface area contributed by atoms with Gasteiger partial charge in [0.05, 0.1) is 12.2 Å². The molecule has 0 aromatic heterocycles. The Labute approximate surface area is 99.3 Å². The molecule has 16 heavy (non-hydrogen) atoms. The van der Waals surface area contributed by atoms with Gasteiger partial charge in [-0.1, -0.05) is 0 Å². The van der Waals surface area contributed by atoms with E-state index in [2.05, 4.69) is 17.3 Å². The minimum atomic E-state index is 0.419. The summed E-state index contributed by atoms with van der Waals surface area (Å²) in [4.78, 5) is 2.34. The quantitative estimate of drug-likeness (QED) is 0.623. The molecular formula is C12H26N2O2. The van der Waals surface area contributed by atoms with E-state index in [1.165, 1.54) is 12.8 Å². The molecule has 0 amide bonds. The number of methoxy groups -OCH3 is 1. The first-order valence-corrected chi connectivity index (χ1v) is 6.23. The van der Waals surface area contributed by atoms with Crippen molar-refractivity contribution in [2.45, 2.75) is 31.5 Å². The molecule has 1 heterocycles. The Balaban J connectivity index is 2.08. The van der Waals surface area contributed by atoms with Crippen molar-refractivity contribution in [3.63, 3.8) is 0 Å². The van der Waals surface area contributed by atoms with E-state index in [4.69, 9.17) is 9.47 Å². The zero-order chi connectivity index (χ0) is 11.8. The van der Waals surface area contributed by atoms with Gasteiger partial charge in [-0.3, -0.25) is 0 Å². The normalized spacial score (nSPS) is 25.5. The second-order valence-electron chi connectivity index (χ2n) is 4.62. The van der Waals surface area contributed by atoms with Crippen LogP contribution in [0.5, 0.6) is 0 Å². The van der Waals surface area contributed by atoms with Crippen LogP contribution in [0.1, 0.15) is 19.3 Å². The van der Waals surface area contributed by atoms with Crippen LogP contribution >= 0.6 is 0 Å². The van der Waals surface area contributed by atoms with Crippen molar-refractivity contribution in [2.75, 3.05) is 47.4 Å². The lowest BCUT2D eigenvalue weighted by molar-refractivity contribution is 0.0276. The summed E-state index contributed by atoms with van der Waals surface area (Å²) >= 11 is 0. The third-order valence-electron chi connectivity index (χ3n) is 3.03. The predicted molar refractivity (Wildman–Crippen MR) is 65.8 cm³/mol. The van der Waals surface area contributed by atoms with E-state index >= 15 is 0 Å². The molecule has 2 atom stereocenters. The fourth-order valence-corrected chi connectivity index (χ4v) is 2.21. The van der Waals surface area contributed by atoms with Crippen molar-refractivity contribution in [1.82, 2.24) is 10.2 Å². The molecule has 1 saturated heterocycles. The lowest BCUT2D eigenvalue weighted by Gasteiger charge is -2.21. The zero-order valence-electron chi connectivity index (χ0n) is 10.9. The standard InChI is InChI=1S/C12H26N2O2/c1-13-9-11-5-6-12(16-11)10-14(2)7-4-8-15-3/h11-13H,4-10H2,1-3H3. The molecule has 1 rings (SSSR count). The molecule has 0 bridgehead atoms. The van der Waals surface area contributed by atoms with Crippen molar-refractivity contribution in [3.8, 4) is 0 Å². The Morgan fingerprint density at radius 3 is 2.81 bits per heavy atom. The highest BCUT2D eigenvalue weighted by Gasteiger charge is 2.25. The molecule has 0 spiro atoms. The molecule has 4 heteroatoms. The third-order valence-corrected chi connectivity index (χ3v) is 3.03. The molecule has 1 N–H and O–H groups in total. The number of likely N-dealkylation sites (N-methyl/N-ethyl adjacent to an activating group) is 2. The van der Waals surface area contributed by atoms with Crippen molar-refractivity contribution >= 4 is 0 Å². The summed E-state index contributed by atoms with van der Waals surface area (Å²) in [6.07, 6.45) is 4.33. The molecule has 0 aliphatic carbocycles. The average Bonchev–Trinajstić information content (AvgIpc) is 2.66. The van der Waals surface area contributed by atoms with Crippen LogP contribution in [0.15, 0.2) is 0 Å². The second kappa shape index (κ2) is 8.01. The van der Waals surface area contributed by atoms with E-state index in [-0.39, 0.29) is 0 Å². The van der Waals surface area contributed by atoms with Crippen LogP contribution < -0.4 is 5.32 Å². The topological polar surface area (TPSA) is 33.7 Å². The van der Waals surface area contributed by atoms with Gasteiger partial charge in [0.2, 0.25) is 0 Å². The van der Waals surface area contributed by atoms with Crippen LogP contribution in [0.2, 0.25) is 0 Å². The van der Waals surface area contributed by atoms with Crippen LogP contribution in [0.25, 0.3) is 0 Å². The summed E-state index contributed by atoms with van der Waals surface area (Å²) in [5, 5.41) is 3.17. The van der Waals surface area contributed by atoms with E-state index in [0.717, 1.165) is 32.7 Å². The monoisotopic (exact) mass is 230 g/mol. The highest BCUT2D eigenvalue weighted by Crippen LogP contribution is 2.19. The predicted octanol–water partition coefficient (Wildman–Crippen LogP) is 0.722. The maximum absolute atomic E-state index is 5.94. The summed E-state index contributed by atoms with van der Waals surface area (Å²) in [6, 6.07) is 0. The lowest BCUT2D eigenvalue weighted by Crippen LogP contribution is -2.32. The molecule has 0 saturated carbocycles. The summed E-state index contributed by atoms with van der Waals surface area (Å²) in [5.41, 5.74) is 0. The molecule has 96 valence electrons. The van der Waals surface area contributed by atoms with Crippen LogP contribution in [0.4, 0.5) is 0 Å². The maximum Gasteiger partial charge on any atom is 0.0707 e. The molecule has 2 unspecified atom stereocenters. The Bertz CT molecular complexity index is 178. The summed E-state index contributed by atoms with van der Waals surface area (Å²) < 4.78 is 11.0. The lowest BCUT2D eigenvalue weighted by atomic mass is 10.2. The van der Waals surface area contributed by atoms with Gasteiger partial charge < -0.3 is 19.7 Å². The summed E-state index contributed by atoms with van der Waals surface area (Å²) in [6.45, 7) is 3.95. The van der Waals surface area contributed by atoms with Gasteiger partial charge in [-0.15, -0.1) is 0 Å². The zero-order valence-corrected chi connectivity index (χ0v) is 10.9. The molecule has 0 radical (unpaired) electrons. The fraction of sp³-hybridized carbons (Fsp3) is 1.00. The van der Waals surface area contributed by atoms with Crippen molar-refractivity contribution < 1.29 is 9.47 Å². The smallest absolute Gasteiger partial charge is 0.0707 e. The molecule has 1 aliphatic heterocycles. The summed E-state index contributed by atoms with van der Waals surface area (Å²) in [7, 11) is 5.89. The Kier molecular flexibility index (Phi) is 6.96. The highest BCUT2D eigenvalue weighted by molar-refractivity contribution is 4.76. The van der Waals surface area contributed by atoms with E-state index < -0.39 is 0 Å². The number of rotatable bonds is 8. The van der Waals surface area contributed by atoms with Crippen LogP contribution in [-0.4, -0.2) is 64.6 Å². The number of nitrogens with zero attached hydrogens (tertiary/aromatic N) is 1. The first-order chi connectivity index (χ1) is 7.76. The largest absolute Gasteiger partial charge is 0.385 e. The van der Waals surface area contributed by atoms with Gasteiger partial charge >= 0.3 is 0 Å². The molecular weight excluding hydrogens is 204 g/mol. The highest BCUT2D eigenvalue weighted by atomic mass is 16.5. The van der Waals surface area contributed by atoms with Gasteiger partial charge in [-0.25, -0.2) is 0 Å². The minimum Gasteiger partial charge on any atom is -0.385 e. The van der Waals surface area contributed by atoms with Crippen LogP contribution in [0, 0.1) is 0 Å². The molecule has 1 fully saturated rings.